The van der Waals surface area contributed by atoms with Crippen LogP contribution in [0.25, 0.3) is 10.6 Å². The van der Waals surface area contributed by atoms with Crippen molar-refractivity contribution >= 4 is 33.6 Å². The molecule has 0 unspecified atom stereocenters. The summed E-state index contributed by atoms with van der Waals surface area (Å²) in [5.41, 5.74) is 0.603. The van der Waals surface area contributed by atoms with Crippen LogP contribution in [0.2, 0.25) is 0 Å². The standard InChI is InChI=1S/C8H4BrNO2S/c9-7-2-1-6(13-7)8-5(3-11)12-4-10-8/h1-4H. The Hall–Kier alpha value is -0.940. The number of hydrogen-bond acceptors (Lipinski definition) is 4. The number of thiophene rings is 1. The molecule has 0 aliphatic heterocycles. The Bertz CT molecular complexity index is 435. The van der Waals surface area contributed by atoms with Crippen molar-refractivity contribution in [2.75, 3.05) is 0 Å². The minimum Gasteiger partial charge on any atom is -0.440 e. The quantitative estimate of drug-likeness (QED) is 0.777. The van der Waals surface area contributed by atoms with Gasteiger partial charge in [0.1, 0.15) is 5.69 Å². The summed E-state index contributed by atoms with van der Waals surface area (Å²) in [6.45, 7) is 0. The van der Waals surface area contributed by atoms with E-state index in [1.165, 1.54) is 17.7 Å². The second-order valence-electron chi connectivity index (χ2n) is 2.29. The molecule has 5 heteroatoms. The second kappa shape index (κ2) is 3.43. The van der Waals surface area contributed by atoms with E-state index >= 15 is 0 Å². The van der Waals surface area contributed by atoms with Gasteiger partial charge >= 0.3 is 0 Å². The highest BCUT2D eigenvalue weighted by molar-refractivity contribution is 9.11. The number of nitrogens with zero attached hydrogens (tertiary/aromatic N) is 1. The second-order valence-corrected chi connectivity index (χ2v) is 4.75. The van der Waals surface area contributed by atoms with Crippen LogP contribution >= 0.6 is 27.3 Å². The van der Waals surface area contributed by atoms with Gasteiger partial charge in [-0.25, -0.2) is 4.98 Å². The van der Waals surface area contributed by atoms with Crippen LogP contribution in [0.1, 0.15) is 10.6 Å². The summed E-state index contributed by atoms with van der Waals surface area (Å²) < 4.78 is 5.89. The van der Waals surface area contributed by atoms with Crippen LogP contribution in [0.5, 0.6) is 0 Å². The number of halogens is 1. The summed E-state index contributed by atoms with van der Waals surface area (Å²) in [4.78, 5) is 15.4. The lowest BCUT2D eigenvalue weighted by Crippen LogP contribution is -1.79. The van der Waals surface area contributed by atoms with E-state index in [-0.39, 0.29) is 5.76 Å². The molecule has 0 spiro atoms. The Morgan fingerprint density at radius 3 is 3.00 bits per heavy atom. The third-order valence-corrected chi connectivity index (χ3v) is 3.14. The van der Waals surface area contributed by atoms with Gasteiger partial charge in [-0.05, 0) is 28.1 Å². The average molecular weight is 258 g/mol. The molecule has 0 saturated heterocycles. The molecule has 2 aromatic rings. The largest absolute Gasteiger partial charge is 0.440 e. The van der Waals surface area contributed by atoms with Crippen molar-refractivity contribution in [3.05, 3.63) is 28.1 Å². The molecule has 66 valence electrons. The fourth-order valence-corrected chi connectivity index (χ4v) is 2.35. The van der Waals surface area contributed by atoms with Gasteiger partial charge in [-0.3, -0.25) is 4.79 Å². The van der Waals surface area contributed by atoms with Gasteiger partial charge in [-0.1, -0.05) is 0 Å². The van der Waals surface area contributed by atoms with E-state index in [4.69, 9.17) is 4.42 Å². The molecule has 2 rings (SSSR count). The molecular formula is C8H4BrNO2S. The van der Waals surface area contributed by atoms with E-state index in [2.05, 4.69) is 20.9 Å². The molecule has 0 bridgehead atoms. The number of carbonyl (C=O) groups excluding carboxylic acids is 1. The topological polar surface area (TPSA) is 43.1 Å². The maximum Gasteiger partial charge on any atom is 0.195 e. The minimum absolute atomic E-state index is 0.273. The van der Waals surface area contributed by atoms with Crippen LogP contribution in [0.15, 0.2) is 26.7 Å². The molecule has 0 amide bonds. The van der Waals surface area contributed by atoms with Gasteiger partial charge < -0.3 is 4.42 Å². The lowest BCUT2D eigenvalue weighted by Gasteiger charge is -1.87. The van der Waals surface area contributed by atoms with Crippen molar-refractivity contribution in [3.8, 4) is 10.6 Å². The summed E-state index contributed by atoms with van der Waals surface area (Å²) in [7, 11) is 0. The van der Waals surface area contributed by atoms with Crippen molar-refractivity contribution in [2.45, 2.75) is 0 Å². The minimum atomic E-state index is 0.273. The molecule has 3 nitrogen and oxygen atoms in total. The lowest BCUT2D eigenvalue weighted by molar-refractivity contribution is 0.110. The number of hydrogen-bond donors (Lipinski definition) is 0. The highest BCUT2D eigenvalue weighted by atomic mass is 79.9. The number of oxazole rings is 1. The first-order valence-electron chi connectivity index (χ1n) is 3.45. The molecule has 0 aliphatic rings. The monoisotopic (exact) mass is 257 g/mol. The summed E-state index contributed by atoms with van der Waals surface area (Å²) >= 11 is 4.85. The zero-order valence-corrected chi connectivity index (χ0v) is 8.76. The molecule has 13 heavy (non-hydrogen) atoms. The van der Waals surface area contributed by atoms with Crippen molar-refractivity contribution in [3.63, 3.8) is 0 Å². The summed E-state index contributed by atoms with van der Waals surface area (Å²) in [6.07, 6.45) is 1.93. The first-order valence-corrected chi connectivity index (χ1v) is 5.06. The third-order valence-electron chi connectivity index (χ3n) is 1.51. The Balaban J connectivity index is 2.51. The van der Waals surface area contributed by atoms with E-state index in [1.54, 1.807) is 0 Å². The highest BCUT2D eigenvalue weighted by Crippen LogP contribution is 2.31. The van der Waals surface area contributed by atoms with Gasteiger partial charge in [0.25, 0.3) is 0 Å². The highest BCUT2D eigenvalue weighted by Gasteiger charge is 2.11. The van der Waals surface area contributed by atoms with Crippen molar-refractivity contribution < 1.29 is 9.21 Å². The predicted octanol–water partition coefficient (Wildman–Crippen LogP) is 2.98. The zero-order chi connectivity index (χ0) is 9.26. The normalized spacial score (nSPS) is 10.2. The molecule has 0 atom stereocenters. The number of rotatable bonds is 2. The zero-order valence-electron chi connectivity index (χ0n) is 6.36. The smallest absolute Gasteiger partial charge is 0.195 e. The van der Waals surface area contributed by atoms with Crippen LogP contribution in [-0.4, -0.2) is 11.3 Å². The van der Waals surface area contributed by atoms with Crippen molar-refractivity contribution in [2.24, 2.45) is 0 Å². The Morgan fingerprint density at radius 2 is 2.38 bits per heavy atom. The molecule has 0 aromatic carbocycles. The first kappa shape index (κ1) is 8.65. The summed E-state index contributed by atoms with van der Waals surface area (Å²) in [6, 6.07) is 3.79. The number of aldehydes is 1. The maximum absolute atomic E-state index is 10.5. The molecule has 0 radical (unpaired) electrons. The van der Waals surface area contributed by atoms with E-state index in [0.717, 1.165) is 8.66 Å². The van der Waals surface area contributed by atoms with Gasteiger partial charge in [-0.2, -0.15) is 0 Å². The molecule has 0 fully saturated rings. The van der Waals surface area contributed by atoms with Crippen LogP contribution < -0.4 is 0 Å². The van der Waals surface area contributed by atoms with E-state index in [9.17, 15) is 4.79 Å². The fraction of sp³-hybridized carbons (Fsp3) is 0. The maximum atomic E-state index is 10.5. The van der Waals surface area contributed by atoms with Gasteiger partial charge in [-0.15, -0.1) is 11.3 Å². The van der Waals surface area contributed by atoms with Crippen molar-refractivity contribution in [1.29, 1.82) is 0 Å². The van der Waals surface area contributed by atoms with E-state index in [1.807, 2.05) is 12.1 Å². The molecule has 2 aromatic heterocycles. The predicted molar refractivity (Wildman–Crippen MR) is 52.9 cm³/mol. The number of carbonyl (C=O) groups is 1. The van der Waals surface area contributed by atoms with Crippen LogP contribution in [0, 0.1) is 0 Å². The Morgan fingerprint density at radius 1 is 1.54 bits per heavy atom. The van der Waals surface area contributed by atoms with Crippen LogP contribution in [-0.2, 0) is 0 Å². The van der Waals surface area contributed by atoms with Gasteiger partial charge in [0, 0.05) is 0 Å². The molecule has 0 N–H and O–H groups in total. The molecule has 2 heterocycles. The first-order chi connectivity index (χ1) is 6.31. The van der Waals surface area contributed by atoms with Gasteiger partial charge in [0.15, 0.2) is 18.4 Å². The van der Waals surface area contributed by atoms with Crippen molar-refractivity contribution in [1.82, 2.24) is 4.98 Å². The lowest BCUT2D eigenvalue weighted by atomic mass is 10.3. The summed E-state index contributed by atoms with van der Waals surface area (Å²) in [5, 5.41) is 0. The average Bonchev–Trinajstić information content (AvgIpc) is 2.71. The molecule has 0 aliphatic carbocycles. The van der Waals surface area contributed by atoms with Crippen LogP contribution in [0.3, 0.4) is 0 Å². The third kappa shape index (κ3) is 1.57. The molecular weight excluding hydrogens is 254 g/mol. The molecule has 0 saturated carbocycles. The fourth-order valence-electron chi connectivity index (χ4n) is 0.965. The van der Waals surface area contributed by atoms with E-state index < -0.39 is 0 Å². The van der Waals surface area contributed by atoms with Crippen LogP contribution in [0.4, 0.5) is 0 Å². The van der Waals surface area contributed by atoms with Gasteiger partial charge in [0.2, 0.25) is 0 Å². The Labute approximate surface area is 86.5 Å². The van der Waals surface area contributed by atoms with Gasteiger partial charge in [0.05, 0.1) is 8.66 Å². The summed E-state index contributed by atoms with van der Waals surface area (Å²) in [5.74, 6) is 0.273. The Kier molecular flexibility index (Phi) is 2.28. The number of aromatic nitrogens is 1. The van der Waals surface area contributed by atoms with E-state index in [0.29, 0.717) is 12.0 Å². The SMILES string of the molecule is O=Cc1ocnc1-c1ccc(Br)s1.